The summed E-state index contributed by atoms with van der Waals surface area (Å²) in [6.07, 6.45) is 5.51. The molecule has 5 heteroatoms. The summed E-state index contributed by atoms with van der Waals surface area (Å²) >= 11 is 0. The molecule has 0 bridgehead atoms. The number of benzene rings is 1. The third-order valence-corrected chi connectivity index (χ3v) is 3.66. The number of amides is 1. The lowest BCUT2D eigenvalue weighted by molar-refractivity contribution is 0.101. The van der Waals surface area contributed by atoms with Crippen molar-refractivity contribution in [1.29, 1.82) is 0 Å². The molecule has 0 atom stereocenters. The van der Waals surface area contributed by atoms with E-state index in [-0.39, 0.29) is 5.91 Å². The molecule has 0 fully saturated rings. The summed E-state index contributed by atoms with van der Waals surface area (Å²) < 4.78 is 10.8. The van der Waals surface area contributed by atoms with Crippen molar-refractivity contribution in [3.63, 3.8) is 0 Å². The highest BCUT2D eigenvalue weighted by atomic mass is 16.5. The molecule has 1 aromatic carbocycles. The molecule has 5 nitrogen and oxygen atoms in total. The molecule has 1 aromatic heterocycles. The molecule has 0 aliphatic heterocycles. The second-order valence-electron chi connectivity index (χ2n) is 5.19. The van der Waals surface area contributed by atoms with Gasteiger partial charge in [0, 0.05) is 12.0 Å². The van der Waals surface area contributed by atoms with Crippen molar-refractivity contribution in [1.82, 2.24) is 5.16 Å². The molecule has 0 unspecified atom stereocenters. The van der Waals surface area contributed by atoms with Crippen LogP contribution in [0.1, 0.15) is 34.7 Å². The maximum Gasteiger partial charge on any atom is 0.278 e. The number of hydrogen-bond acceptors (Lipinski definition) is 4. The van der Waals surface area contributed by atoms with Crippen molar-refractivity contribution in [2.75, 3.05) is 11.9 Å². The number of carbonyl (C=O) groups is 1. The zero-order valence-corrected chi connectivity index (χ0v) is 12.3. The fourth-order valence-corrected chi connectivity index (χ4v) is 2.59. The summed E-state index contributed by atoms with van der Waals surface area (Å²) in [5.41, 5.74) is 1.93. The monoisotopic (exact) mass is 298 g/mol. The normalized spacial score (nSPS) is 13.3. The number of aryl methyl sites for hydroxylation is 1. The van der Waals surface area contributed by atoms with Gasteiger partial charge in [-0.1, -0.05) is 29.9 Å². The van der Waals surface area contributed by atoms with E-state index in [0.29, 0.717) is 23.7 Å². The SMILES string of the molecule is C=CCOc1ccccc1NC(=O)c1noc2c1CCCC2. The highest BCUT2D eigenvalue weighted by molar-refractivity contribution is 6.04. The van der Waals surface area contributed by atoms with Gasteiger partial charge in [-0.2, -0.15) is 0 Å². The summed E-state index contributed by atoms with van der Waals surface area (Å²) in [5.74, 6) is 1.18. The lowest BCUT2D eigenvalue weighted by atomic mass is 9.96. The number of carbonyl (C=O) groups excluding carboxylic acids is 1. The highest BCUT2D eigenvalue weighted by Crippen LogP contribution is 2.27. The molecule has 1 N–H and O–H groups in total. The van der Waals surface area contributed by atoms with Gasteiger partial charge in [-0.15, -0.1) is 0 Å². The van der Waals surface area contributed by atoms with Crippen LogP contribution in [0.5, 0.6) is 5.75 Å². The predicted octanol–water partition coefficient (Wildman–Crippen LogP) is 3.37. The molecule has 1 amide bonds. The number of nitrogens with one attached hydrogen (secondary N) is 1. The first-order valence-electron chi connectivity index (χ1n) is 7.41. The van der Waals surface area contributed by atoms with E-state index >= 15 is 0 Å². The van der Waals surface area contributed by atoms with Crippen LogP contribution >= 0.6 is 0 Å². The third kappa shape index (κ3) is 2.88. The minimum atomic E-state index is -0.262. The summed E-state index contributed by atoms with van der Waals surface area (Å²) in [6, 6.07) is 7.29. The van der Waals surface area contributed by atoms with Gasteiger partial charge >= 0.3 is 0 Å². The van der Waals surface area contributed by atoms with Crippen LogP contribution in [0.4, 0.5) is 5.69 Å². The van der Waals surface area contributed by atoms with Crippen LogP contribution < -0.4 is 10.1 Å². The second-order valence-corrected chi connectivity index (χ2v) is 5.19. The van der Waals surface area contributed by atoms with Crippen molar-refractivity contribution in [2.24, 2.45) is 0 Å². The Morgan fingerprint density at radius 2 is 2.18 bits per heavy atom. The maximum atomic E-state index is 12.5. The number of hydrogen-bond donors (Lipinski definition) is 1. The van der Waals surface area contributed by atoms with Crippen LogP contribution in [0.3, 0.4) is 0 Å². The van der Waals surface area contributed by atoms with Crippen molar-refractivity contribution in [3.8, 4) is 5.75 Å². The summed E-state index contributed by atoms with van der Waals surface area (Å²) in [4.78, 5) is 12.5. The Kier molecular flexibility index (Phi) is 4.23. The van der Waals surface area contributed by atoms with E-state index < -0.39 is 0 Å². The topological polar surface area (TPSA) is 64.4 Å². The Morgan fingerprint density at radius 3 is 3.05 bits per heavy atom. The van der Waals surface area contributed by atoms with Crippen molar-refractivity contribution in [3.05, 3.63) is 53.9 Å². The van der Waals surface area contributed by atoms with Gasteiger partial charge in [-0.3, -0.25) is 4.79 Å². The molecule has 3 rings (SSSR count). The minimum absolute atomic E-state index is 0.262. The van der Waals surface area contributed by atoms with Gasteiger partial charge in [-0.05, 0) is 31.4 Å². The number of ether oxygens (including phenoxy) is 1. The second kappa shape index (κ2) is 6.47. The molecular formula is C17H18N2O3. The molecule has 2 aromatic rings. The van der Waals surface area contributed by atoms with Gasteiger partial charge in [0.2, 0.25) is 0 Å². The van der Waals surface area contributed by atoms with Gasteiger partial charge in [0.15, 0.2) is 5.69 Å². The van der Waals surface area contributed by atoms with Crippen LogP contribution in [0.15, 0.2) is 41.4 Å². The zero-order chi connectivity index (χ0) is 15.4. The first-order chi connectivity index (χ1) is 10.8. The standard InChI is InChI=1S/C17H18N2O3/c1-2-11-21-15-10-6-4-8-13(15)18-17(20)16-12-7-3-5-9-14(12)22-19-16/h2,4,6,8,10H,1,3,5,7,9,11H2,(H,18,20). The van der Waals surface area contributed by atoms with Gasteiger partial charge < -0.3 is 14.6 Å². The summed E-state index contributed by atoms with van der Waals surface area (Å²) in [6.45, 7) is 4.00. The first-order valence-corrected chi connectivity index (χ1v) is 7.41. The van der Waals surface area contributed by atoms with Gasteiger partial charge in [0.05, 0.1) is 5.69 Å². The largest absolute Gasteiger partial charge is 0.487 e. The van der Waals surface area contributed by atoms with Gasteiger partial charge in [0.1, 0.15) is 18.1 Å². The molecule has 1 heterocycles. The Morgan fingerprint density at radius 1 is 1.36 bits per heavy atom. The van der Waals surface area contributed by atoms with Crippen molar-refractivity contribution >= 4 is 11.6 Å². The first kappa shape index (κ1) is 14.4. The maximum absolute atomic E-state index is 12.5. The number of rotatable bonds is 5. The van der Waals surface area contributed by atoms with Crippen molar-refractivity contribution in [2.45, 2.75) is 25.7 Å². The quantitative estimate of drug-likeness (QED) is 0.860. The molecule has 1 aliphatic rings. The fraction of sp³-hybridized carbons (Fsp3) is 0.294. The Hall–Kier alpha value is -2.56. The van der Waals surface area contributed by atoms with E-state index in [0.717, 1.165) is 37.0 Å². The van der Waals surface area contributed by atoms with Crippen LogP contribution in [-0.4, -0.2) is 17.7 Å². The van der Waals surface area contributed by atoms with Gasteiger partial charge in [-0.25, -0.2) is 0 Å². The van der Waals surface area contributed by atoms with E-state index in [1.54, 1.807) is 18.2 Å². The molecule has 0 saturated carbocycles. The van der Waals surface area contributed by atoms with E-state index in [2.05, 4.69) is 17.1 Å². The smallest absolute Gasteiger partial charge is 0.278 e. The highest BCUT2D eigenvalue weighted by Gasteiger charge is 2.24. The van der Waals surface area contributed by atoms with E-state index in [4.69, 9.17) is 9.26 Å². The Labute approximate surface area is 129 Å². The predicted molar refractivity (Wildman–Crippen MR) is 83.2 cm³/mol. The van der Waals surface area contributed by atoms with Crippen LogP contribution in [-0.2, 0) is 12.8 Å². The zero-order valence-electron chi connectivity index (χ0n) is 12.3. The Balaban J connectivity index is 1.80. The van der Waals surface area contributed by atoms with Crippen LogP contribution in [0.25, 0.3) is 0 Å². The average Bonchev–Trinajstić information content (AvgIpc) is 2.98. The van der Waals surface area contributed by atoms with E-state index in [9.17, 15) is 4.79 Å². The van der Waals surface area contributed by atoms with Crippen molar-refractivity contribution < 1.29 is 14.1 Å². The molecule has 0 spiro atoms. The lowest BCUT2D eigenvalue weighted by Gasteiger charge is -2.12. The van der Waals surface area contributed by atoms with Crippen LogP contribution in [0.2, 0.25) is 0 Å². The number of nitrogens with zero attached hydrogens (tertiary/aromatic N) is 1. The minimum Gasteiger partial charge on any atom is -0.487 e. The average molecular weight is 298 g/mol. The molecular weight excluding hydrogens is 280 g/mol. The number of anilines is 1. The van der Waals surface area contributed by atoms with E-state index in [1.807, 2.05) is 12.1 Å². The molecule has 0 saturated heterocycles. The molecule has 22 heavy (non-hydrogen) atoms. The van der Waals surface area contributed by atoms with Crippen LogP contribution in [0, 0.1) is 0 Å². The molecule has 114 valence electrons. The van der Waals surface area contributed by atoms with E-state index in [1.165, 1.54) is 0 Å². The van der Waals surface area contributed by atoms with Gasteiger partial charge in [0.25, 0.3) is 5.91 Å². The molecule has 1 aliphatic carbocycles. The summed E-state index contributed by atoms with van der Waals surface area (Å²) in [7, 11) is 0. The number of aromatic nitrogens is 1. The lowest BCUT2D eigenvalue weighted by Crippen LogP contribution is -2.16. The number of fused-ring (bicyclic) bond motifs is 1. The molecule has 0 radical (unpaired) electrons. The fourth-order valence-electron chi connectivity index (χ4n) is 2.59. The Bertz CT molecular complexity index is 691. The summed E-state index contributed by atoms with van der Waals surface area (Å²) in [5, 5.41) is 6.79. The number of para-hydroxylation sites is 2. The third-order valence-electron chi connectivity index (χ3n) is 3.66.